The van der Waals surface area contributed by atoms with Gasteiger partial charge in [0.2, 0.25) is 17.6 Å². The largest absolute Gasteiger partial charge is 0.575 e. The Balaban J connectivity index is 1.42. The first-order valence-electron chi connectivity index (χ1n) is 12.9. The normalized spacial score (nSPS) is 23.3. The molecule has 1 aliphatic rings. The third-order valence-corrected chi connectivity index (χ3v) is 7.54. The van der Waals surface area contributed by atoms with Gasteiger partial charge >= 0.3 is 14.1 Å². The molecular formula is C26H28FN6O8P. The number of rotatable bonds is 10. The van der Waals surface area contributed by atoms with E-state index in [1.165, 1.54) is 30.8 Å². The van der Waals surface area contributed by atoms with Crippen molar-refractivity contribution in [1.29, 1.82) is 0 Å². The van der Waals surface area contributed by atoms with Crippen LogP contribution in [0.15, 0.2) is 47.5 Å². The van der Waals surface area contributed by atoms with Crippen molar-refractivity contribution in [3.8, 4) is 17.4 Å². The fourth-order valence-corrected chi connectivity index (χ4v) is 5.34. The zero-order valence-electron chi connectivity index (χ0n) is 22.7. The van der Waals surface area contributed by atoms with Gasteiger partial charge in [-0.2, -0.15) is 9.97 Å². The highest BCUT2D eigenvalue weighted by molar-refractivity contribution is 7.34. The zero-order valence-corrected chi connectivity index (χ0v) is 23.6. The molecule has 0 saturated carbocycles. The van der Waals surface area contributed by atoms with Crippen molar-refractivity contribution in [3.63, 3.8) is 0 Å². The molecule has 3 heterocycles. The van der Waals surface area contributed by atoms with Crippen LogP contribution in [-0.4, -0.2) is 72.8 Å². The van der Waals surface area contributed by atoms with Gasteiger partial charge in [0, 0.05) is 5.39 Å². The molecule has 0 aliphatic carbocycles. The third kappa shape index (κ3) is 5.51. The minimum absolute atomic E-state index is 0.0310. The summed E-state index contributed by atoms with van der Waals surface area (Å²) < 4.78 is 43.5. The summed E-state index contributed by atoms with van der Waals surface area (Å²) in [4.78, 5) is 36.2. The molecule has 14 nitrogen and oxygen atoms in total. The molecule has 2 aromatic carbocycles. The number of aromatic nitrogens is 4. The van der Waals surface area contributed by atoms with Gasteiger partial charge in [-0.25, -0.2) is 14.2 Å². The number of alkyl halides is 1. The molecule has 1 saturated heterocycles. The molecule has 4 N–H and O–H groups in total. The summed E-state index contributed by atoms with van der Waals surface area (Å²) in [6.45, 7) is 4.23. The van der Waals surface area contributed by atoms with E-state index in [4.69, 9.17) is 29.6 Å². The Bertz CT molecular complexity index is 1670. The second-order valence-corrected chi connectivity index (χ2v) is 10.6. The lowest BCUT2D eigenvalue weighted by molar-refractivity contribution is -0.169. The standard InChI is InChI=1S/C26H28FN6O8P/c1-4-38-22-18-21(30-25(28)31-22)33(12-29-18)24-26(3,36)20(27)17(40-24)11-39-16-10-9-14-7-5-6-8-15(14)19(16)41-42(37)32-13(2)23(34)35/h5-10,12-13,17,20,24,36H,4,11H2,1-3H3,(H,34,35)(H2,28,30,31)/t13?,17-,20-,24?,26-/m1/s1. The second kappa shape index (κ2) is 11.6. The SMILES string of the molecule is CCOc1nc(N)nc2c1ncn2C1O[C@H](COc2ccc3ccccc3c2O/[P+]([O-])=N/C(C)C(=O)O)[C@@H](F)[C@@]1(C)O. The summed E-state index contributed by atoms with van der Waals surface area (Å²) in [5, 5.41) is 21.5. The van der Waals surface area contributed by atoms with Crippen LogP contribution in [0.5, 0.6) is 17.4 Å². The molecule has 1 aliphatic heterocycles. The van der Waals surface area contributed by atoms with Gasteiger partial charge in [-0.1, -0.05) is 35.1 Å². The average Bonchev–Trinajstić information content (AvgIpc) is 3.45. The van der Waals surface area contributed by atoms with Gasteiger partial charge in [0.15, 0.2) is 35.4 Å². The molecule has 16 heteroatoms. The Morgan fingerprint density at radius 2 is 2.07 bits per heavy atom. The van der Waals surface area contributed by atoms with Crippen LogP contribution in [0, 0.1) is 0 Å². The number of carboxylic acid groups (broad SMARTS) is 1. The van der Waals surface area contributed by atoms with E-state index >= 15 is 4.39 Å². The number of carboxylic acids is 1. The van der Waals surface area contributed by atoms with E-state index in [1.54, 1.807) is 37.3 Å². The number of aliphatic hydroxyl groups is 1. The molecule has 3 unspecified atom stereocenters. The van der Waals surface area contributed by atoms with E-state index in [-0.39, 0.29) is 41.1 Å². The number of carbonyl (C=O) groups is 1. The zero-order chi connectivity index (χ0) is 30.2. The number of anilines is 1. The highest BCUT2D eigenvalue weighted by atomic mass is 31.1. The average molecular weight is 603 g/mol. The van der Waals surface area contributed by atoms with Crippen LogP contribution in [0.25, 0.3) is 21.9 Å². The van der Waals surface area contributed by atoms with Gasteiger partial charge in [0.25, 0.3) is 0 Å². The molecule has 1 fully saturated rings. The first kappa shape index (κ1) is 29.3. The number of nitrogens with two attached hydrogens (primary N) is 1. The van der Waals surface area contributed by atoms with Crippen LogP contribution in [0.3, 0.4) is 0 Å². The topological polar surface area (TPSA) is 199 Å². The van der Waals surface area contributed by atoms with Crippen molar-refractivity contribution in [3.05, 3.63) is 42.7 Å². The van der Waals surface area contributed by atoms with Gasteiger partial charge < -0.3 is 35.1 Å². The molecule has 222 valence electrons. The summed E-state index contributed by atoms with van der Waals surface area (Å²) in [6, 6.07) is 9.00. The molecule has 0 radical (unpaired) electrons. The Labute approximate surface area is 239 Å². The van der Waals surface area contributed by atoms with E-state index in [2.05, 4.69) is 19.7 Å². The summed E-state index contributed by atoms with van der Waals surface area (Å²) >= 11 is 0. The monoisotopic (exact) mass is 602 g/mol. The number of hydrogen-bond donors (Lipinski definition) is 3. The predicted octanol–water partition coefficient (Wildman–Crippen LogP) is 2.73. The van der Waals surface area contributed by atoms with E-state index in [0.717, 1.165) is 5.39 Å². The molecule has 42 heavy (non-hydrogen) atoms. The van der Waals surface area contributed by atoms with Gasteiger partial charge in [-0.15, -0.1) is 0 Å². The molecule has 5 rings (SSSR count). The van der Waals surface area contributed by atoms with Crippen molar-refractivity contribution in [2.45, 2.75) is 50.9 Å². The molecular weight excluding hydrogens is 574 g/mol. The Kier molecular flexibility index (Phi) is 8.10. The quantitative estimate of drug-likeness (QED) is 0.225. The lowest BCUT2D eigenvalue weighted by Gasteiger charge is -2.26. The van der Waals surface area contributed by atoms with E-state index in [9.17, 15) is 14.8 Å². The number of benzene rings is 2. The first-order chi connectivity index (χ1) is 20.0. The minimum atomic E-state index is -2.79. The summed E-state index contributed by atoms with van der Waals surface area (Å²) in [6.07, 6.45) is -3.13. The van der Waals surface area contributed by atoms with E-state index in [0.29, 0.717) is 12.0 Å². The van der Waals surface area contributed by atoms with Crippen LogP contribution >= 0.6 is 8.17 Å². The van der Waals surface area contributed by atoms with Gasteiger partial charge in [0.1, 0.15) is 18.3 Å². The van der Waals surface area contributed by atoms with Crippen molar-refractivity contribution in [1.82, 2.24) is 19.5 Å². The Hall–Kier alpha value is -4.17. The number of halogens is 1. The lowest BCUT2D eigenvalue weighted by atomic mass is 9.98. The molecule has 2 aromatic heterocycles. The number of nitrogens with zero attached hydrogens (tertiary/aromatic N) is 5. The van der Waals surface area contributed by atoms with Crippen molar-refractivity contribution in [2.24, 2.45) is 4.74 Å². The van der Waals surface area contributed by atoms with Crippen LogP contribution in [-0.2, 0) is 9.53 Å². The van der Waals surface area contributed by atoms with E-state index in [1.807, 2.05) is 0 Å². The molecule has 0 spiro atoms. The second-order valence-electron chi connectivity index (χ2n) is 9.68. The fraction of sp³-hybridized carbons (Fsp3) is 0.385. The number of fused-ring (bicyclic) bond motifs is 2. The van der Waals surface area contributed by atoms with Crippen molar-refractivity contribution >= 4 is 42.0 Å². The third-order valence-electron chi connectivity index (χ3n) is 6.67. The highest BCUT2D eigenvalue weighted by Gasteiger charge is 2.55. The maximum Gasteiger partial charge on any atom is 0.395 e. The van der Waals surface area contributed by atoms with Crippen molar-refractivity contribution < 1.29 is 43.0 Å². The maximum atomic E-state index is 15.7. The number of ether oxygens (including phenoxy) is 3. The Morgan fingerprint density at radius 1 is 1.31 bits per heavy atom. The minimum Gasteiger partial charge on any atom is -0.575 e. The first-order valence-corrected chi connectivity index (χ1v) is 14.0. The summed E-state index contributed by atoms with van der Waals surface area (Å²) in [5.74, 6) is -1.11. The molecule has 4 aromatic rings. The number of aliphatic carboxylic acids is 1. The van der Waals surface area contributed by atoms with Crippen LogP contribution in [0.2, 0.25) is 0 Å². The number of imidazole rings is 1. The van der Waals surface area contributed by atoms with Gasteiger partial charge in [0.05, 0.1) is 12.9 Å². The smallest absolute Gasteiger partial charge is 0.395 e. The highest BCUT2D eigenvalue weighted by Crippen LogP contribution is 2.44. The van der Waals surface area contributed by atoms with E-state index < -0.39 is 44.3 Å². The van der Waals surface area contributed by atoms with Crippen LogP contribution in [0.4, 0.5) is 10.3 Å². The summed E-state index contributed by atoms with van der Waals surface area (Å²) in [7, 11) is -2.79. The van der Waals surface area contributed by atoms with Gasteiger partial charge in [-0.05, 0) is 32.2 Å². The fourth-order valence-electron chi connectivity index (χ4n) is 4.57. The van der Waals surface area contributed by atoms with Crippen molar-refractivity contribution in [2.75, 3.05) is 18.9 Å². The van der Waals surface area contributed by atoms with Gasteiger partial charge in [-0.3, -0.25) is 9.09 Å². The molecule has 0 bridgehead atoms. The number of nitrogen functional groups attached to an aromatic ring is 1. The summed E-state index contributed by atoms with van der Waals surface area (Å²) in [5.41, 5.74) is 4.24. The Morgan fingerprint density at radius 3 is 2.81 bits per heavy atom. The predicted molar refractivity (Wildman–Crippen MR) is 147 cm³/mol. The molecule has 6 atom stereocenters. The van der Waals surface area contributed by atoms with Crippen LogP contribution < -0.4 is 24.6 Å². The lowest BCUT2D eigenvalue weighted by Crippen LogP contribution is -2.42. The molecule has 0 amide bonds. The number of hydrogen-bond acceptors (Lipinski definition) is 12. The maximum absolute atomic E-state index is 15.7. The van der Waals surface area contributed by atoms with Crippen LogP contribution in [0.1, 0.15) is 27.0 Å².